The molecule has 1 atom stereocenters. The molecular formula is C15H23NO3. The van der Waals surface area contributed by atoms with Gasteiger partial charge in [-0.05, 0) is 37.6 Å². The second-order valence-corrected chi connectivity index (χ2v) is 5.15. The van der Waals surface area contributed by atoms with Crippen molar-refractivity contribution in [1.29, 1.82) is 0 Å². The van der Waals surface area contributed by atoms with Gasteiger partial charge in [0.15, 0.2) is 11.5 Å². The molecule has 1 unspecified atom stereocenters. The van der Waals surface area contributed by atoms with Crippen LogP contribution >= 0.6 is 0 Å². The molecule has 0 amide bonds. The highest BCUT2D eigenvalue weighted by Crippen LogP contribution is 2.31. The Bertz CT molecular complexity index is 418. The van der Waals surface area contributed by atoms with E-state index in [1.165, 1.54) is 19.3 Å². The number of rotatable bonds is 6. The number of ether oxygens (including phenoxy) is 2. The Balaban J connectivity index is 2.03. The van der Waals surface area contributed by atoms with Crippen LogP contribution in [0.15, 0.2) is 18.2 Å². The van der Waals surface area contributed by atoms with Gasteiger partial charge in [-0.1, -0.05) is 12.5 Å². The lowest BCUT2D eigenvalue weighted by atomic mass is 9.91. The summed E-state index contributed by atoms with van der Waals surface area (Å²) in [5, 5.41) is 10.3. The van der Waals surface area contributed by atoms with Crippen LogP contribution in [0.4, 0.5) is 0 Å². The van der Waals surface area contributed by atoms with Crippen molar-refractivity contribution in [3.05, 3.63) is 23.8 Å². The molecule has 4 nitrogen and oxygen atoms in total. The van der Waals surface area contributed by atoms with Crippen molar-refractivity contribution < 1.29 is 14.6 Å². The molecule has 19 heavy (non-hydrogen) atoms. The van der Waals surface area contributed by atoms with Gasteiger partial charge in [0.1, 0.15) is 0 Å². The Hall–Kier alpha value is -1.26. The highest BCUT2D eigenvalue weighted by molar-refractivity contribution is 5.43. The van der Waals surface area contributed by atoms with E-state index in [9.17, 15) is 5.11 Å². The number of benzene rings is 1. The van der Waals surface area contributed by atoms with Crippen molar-refractivity contribution in [2.75, 3.05) is 27.8 Å². The van der Waals surface area contributed by atoms with E-state index in [1.807, 2.05) is 18.2 Å². The topological polar surface area (TPSA) is 41.9 Å². The lowest BCUT2D eigenvalue weighted by molar-refractivity contribution is 0.0775. The van der Waals surface area contributed by atoms with Crippen molar-refractivity contribution in [3.63, 3.8) is 0 Å². The smallest absolute Gasteiger partial charge is 0.161 e. The summed E-state index contributed by atoms with van der Waals surface area (Å²) in [6, 6.07) is 6.20. The minimum Gasteiger partial charge on any atom is -0.493 e. The Morgan fingerprint density at radius 1 is 1.26 bits per heavy atom. The molecule has 0 aromatic heterocycles. The molecule has 0 aliphatic heterocycles. The van der Waals surface area contributed by atoms with Crippen molar-refractivity contribution in [2.24, 2.45) is 0 Å². The molecule has 0 radical (unpaired) electrons. The zero-order chi connectivity index (χ0) is 13.8. The molecule has 0 heterocycles. The van der Waals surface area contributed by atoms with Gasteiger partial charge in [-0.15, -0.1) is 0 Å². The van der Waals surface area contributed by atoms with Gasteiger partial charge in [0.25, 0.3) is 0 Å². The van der Waals surface area contributed by atoms with E-state index in [-0.39, 0.29) is 0 Å². The molecule has 1 aromatic rings. The minimum absolute atomic E-state index is 0.495. The number of methoxy groups -OCH3 is 2. The first-order valence-electron chi connectivity index (χ1n) is 6.76. The lowest BCUT2D eigenvalue weighted by Crippen LogP contribution is -2.39. The summed E-state index contributed by atoms with van der Waals surface area (Å²) in [6.45, 7) is 0.653. The molecule has 1 aliphatic rings. The van der Waals surface area contributed by atoms with E-state index in [1.54, 1.807) is 14.2 Å². The summed E-state index contributed by atoms with van der Waals surface area (Å²) in [5.74, 6) is 1.34. The maximum Gasteiger partial charge on any atom is 0.161 e. The molecule has 1 N–H and O–H groups in total. The third kappa shape index (κ3) is 3.19. The number of likely N-dealkylation sites (N-methyl/N-ethyl adjacent to an activating group) is 1. The fraction of sp³-hybridized carbons (Fsp3) is 0.600. The number of aliphatic hydroxyl groups is 1. The standard InChI is InChI=1S/C15H23NO3/c1-16(12-5-4-6-12)10-13(17)11-7-8-14(18-2)15(9-11)19-3/h7-9,12-13,17H,4-6,10H2,1-3H3. The first kappa shape index (κ1) is 14.2. The average Bonchev–Trinajstić information content (AvgIpc) is 2.35. The Kier molecular flexibility index (Phi) is 4.66. The van der Waals surface area contributed by atoms with E-state index >= 15 is 0 Å². The van der Waals surface area contributed by atoms with E-state index in [2.05, 4.69) is 11.9 Å². The molecule has 0 bridgehead atoms. The van der Waals surface area contributed by atoms with Crippen molar-refractivity contribution in [1.82, 2.24) is 4.90 Å². The molecule has 1 fully saturated rings. The number of hydrogen-bond donors (Lipinski definition) is 1. The van der Waals surface area contributed by atoms with E-state index in [4.69, 9.17) is 9.47 Å². The molecule has 2 rings (SSSR count). The predicted octanol–water partition coefficient (Wildman–Crippen LogP) is 2.22. The highest BCUT2D eigenvalue weighted by atomic mass is 16.5. The fourth-order valence-electron chi connectivity index (χ4n) is 2.41. The van der Waals surface area contributed by atoms with E-state index in [0.717, 1.165) is 5.56 Å². The highest BCUT2D eigenvalue weighted by Gasteiger charge is 2.24. The number of nitrogens with zero attached hydrogens (tertiary/aromatic N) is 1. The van der Waals surface area contributed by atoms with Crippen LogP contribution in [0.2, 0.25) is 0 Å². The van der Waals surface area contributed by atoms with Crippen molar-refractivity contribution in [2.45, 2.75) is 31.4 Å². The number of aliphatic hydroxyl groups excluding tert-OH is 1. The molecule has 0 saturated heterocycles. The Morgan fingerprint density at radius 2 is 1.95 bits per heavy atom. The van der Waals surface area contributed by atoms with Crippen molar-refractivity contribution >= 4 is 0 Å². The second kappa shape index (κ2) is 6.26. The van der Waals surface area contributed by atoms with Gasteiger partial charge >= 0.3 is 0 Å². The fourth-order valence-corrected chi connectivity index (χ4v) is 2.41. The van der Waals surface area contributed by atoms with Crippen LogP contribution in [0.3, 0.4) is 0 Å². The first-order valence-corrected chi connectivity index (χ1v) is 6.76. The SMILES string of the molecule is COc1ccc(C(O)CN(C)C2CCC2)cc1OC. The van der Waals surface area contributed by atoms with Crippen LogP contribution in [0.25, 0.3) is 0 Å². The summed E-state index contributed by atoms with van der Waals surface area (Å²) in [7, 11) is 5.29. The third-order valence-corrected chi connectivity index (χ3v) is 3.95. The summed E-state index contributed by atoms with van der Waals surface area (Å²) in [5.41, 5.74) is 0.865. The molecule has 0 spiro atoms. The molecule has 1 saturated carbocycles. The molecular weight excluding hydrogens is 242 g/mol. The zero-order valence-electron chi connectivity index (χ0n) is 11.9. The van der Waals surface area contributed by atoms with Gasteiger partial charge in [-0.25, -0.2) is 0 Å². The first-order chi connectivity index (χ1) is 9.15. The van der Waals surface area contributed by atoms with Crippen LogP contribution in [0, 0.1) is 0 Å². The van der Waals surface area contributed by atoms with Crippen LogP contribution in [0.5, 0.6) is 11.5 Å². The maximum absolute atomic E-state index is 10.3. The van der Waals surface area contributed by atoms with Crippen LogP contribution < -0.4 is 9.47 Å². The molecule has 1 aliphatic carbocycles. The summed E-state index contributed by atoms with van der Waals surface area (Å²) >= 11 is 0. The molecule has 106 valence electrons. The van der Waals surface area contributed by atoms with Gasteiger partial charge in [0.2, 0.25) is 0 Å². The summed E-state index contributed by atoms with van der Waals surface area (Å²) < 4.78 is 10.5. The van der Waals surface area contributed by atoms with Crippen molar-refractivity contribution in [3.8, 4) is 11.5 Å². The normalized spacial score (nSPS) is 17.1. The summed E-state index contributed by atoms with van der Waals surface area (Å²) in [4.78, 5) is 2.24. The summed E-state index contributed by atoms with van der Waals surface area (Å²) in [6.07, 6.45) is 3.30. The Morgan fingerprint density at radius 3 is 2.47 bits per heavy atom. The largest absolute Gasteiger partial charge is 0.493 e. The van der Waals surface area contributed by atoms with Crippen LogP contribution in [-0.2, 0) is 0 Å². The Labute approximate surface area is 114 Å². The van der Waals surface area contributed by atoms with Gasteiger partial charge in [0.05, 0.1) is 20.3 Å². The molecule has 4 heteroatoms. The second-order valence-electron chi connectivity index (χ2n) is 5.15. The minimum atomic E-state index is -0.495. The number of hydrogen-bond acceptors (Lipinski definition) is 4. The van der Waals surface area contributed by atoms with Gasteiger partial charge in [0, 0.05) is 12.6 Å². The van der Waals surface area contributed by atoms with Gasteiger partial charge in [-0.2, -0.15) is 0 Å². The van der Waals surface area contributed by atoms with Crippen LogP contribution in [-0.4, -0.2) is 43.9 Å². The average molecular weight is 265 g/mol. The van der Waals surface area contributed by atoms with Crippen LogP contribution in [0.1, 0.15) is 30.9 Å². The van der Waals surface area contributed by atoms with Gasteiger partial charge in [-0.3, -0.25) is 0 Å². The van der Waals surface area contributed by atoms with Gasteiger partial charge < -0.3 is 19.5 Å². The lowest BCUT2D eigenvalue weighted by Gasteiger charge is -2.35. The predicted molar refractivity (Wildman–Crippen MR) is 74.8 cm³/mol. The zero-order valence-corrected chi connectivity index (χ0v) is 11.9. The third-order valence-electron chi connectivity index (χ3n) is 3.95. The quantitative estimate of drug-likeness (QED) is 0.856. The van der Waals surface area contributed by atoms with E-state index < -0.39 is 6.10 Å². The van der Waals surface area contributed by atoms with E-state index in [0.29, 0.717) is 24.1 Å². The monoisotopic (exact) mass is 265 g/mol. The molecule has 1 aromatic carbocycles. The maximum atomic E-state index is 10.3.